The van der Waals surface area contributed by atoms with Crippen molar-refractivity contribution in [1.29, 1.82) is 0 Å². The first kappa shape index (κ1) is 16.4. The Morgan fingerprint density at radius 3 is 2.46 bits per heavy atom. The van der Waals surface area contributed by atoms with Crippen molar-refractivity contribution in [3.63, 3.8) is 0 Å². The van der Waals surface area contributed by atoms with Crippen LogP contribution in [0.25, 0.3) is 0 Å². The van der Waals surface area contributed by atoms with Crippen LogP contribution in [0.5, 0.6) is 0 Å². The zero-order valence-corrected chi connectivity index (χ0v) is 14.5. The predicted octanol–water partition coefficient (Wildman–Crippen LogP) is 3.97. The van der Waals surface area contributed by atoms with E-state index >= 15 is 0 Å². The van der Waals surface area contributed by atoms with Crippen molar-refractivity contribution < 1.29 is 4.79 Å². The molecule has 1 aliphatic rings. The smallest absolute Gasteiger partial charge is 0.159 e. The number of piperidine rings is 1. The van der Waals surface area contributed by atoms with Gasteiger partial charge in [-0.2, -0.15) is 0 Å². The van der Waals surface area contributed by atoms with E-state index < -0.39 is 0 Å². The third-order valence-electron chi connectivity index (χ3n) is 4.50. The molecule has 1 N–H and O–H groups in total. The van der Waals surface area contributed by atoms with Crippen LogP contribution < -0.4 is 10.2 Å². The van der Waals surface area contributed by atoms with E-state index in [1.807, 2.05) is 37.3 Å². The van der Waals surface area contributed by atoms with Crippen LogP contribution in [0.3, 0.4) is 0 Å². The van der Waals surface area contributed by atoms with E-state index in [4.69, 9.17) is 0 Å². The summed E-state index contributed by atoms with van der Waals surface area (Å²) < 4.78 is 0. The molecule has 0 radical (unpaired) electrons. The molecule has 1 saturated heterocycles. The summed E-state index contributed by atoms with van der Waals surface area (Å²) in [6, 6.07) is 9.45. The number of carbonyl (C=O) groups is 1. The highest BCUT2D eigenvalue weighted by molar-refractivity contribution is 5.94. The number of benzene rings is 1. The van der Waals surface area contributed by atoms with Crippen molar-refractivity contribution in [1.82, 2.24) is 9.97 Å². The minimum absolute atomic E-state index is 0.0704. The third kappa shape index (κ3) is 3.91. The monoisotopic (exact) mass is 324 g/mol. The Morgan fingerprint density at radius 2 is 1.83 bits per heavy atom. The first-order valence-corrected chi connectivity index (χ1v) is 8.50. The molecule has 0 bridgehead atoms. The summed E-state index contributed by atoms with van der Waals surface area (Å²) in [4.78, 5) is 22.8. The maximum absolute atomic E-state index is 11.4. The second-order valence-electron chi connectivity index (χ2n) is 6.59. The van der Waals surface area contributed by atoms with Gasteiger partial charge >= 0.3 is 0 Å². The van der Waals surface area contributed by atoms with Crippen molar-refractivity contribution in [3.05, 3.63) is 41.7 Å². The molecule has 0 atom stereocenters. The van der Waals surface area contributed by atoms with E-state index in [0.717, 1.165) is 42.2 Å². The Bertz CT molecular complexity index is 719. The van der Waals surface area contributed by atoms with Crippen LogP contribution >= 0.6 is 0 Å². The van der Waals surface area contributed by atoms with Crippen molar-refractivity contribution in [2.45, 2.75) is 33.6 Å². The van der Waals surface area contributed by atoms with E-state index in [-0.39, 0.29) is 5.78 Å². The molecular weight excluding hydrogens is 300 g/mol. The number of nitrogens with zero attached hydrogens (tertiary/aromatic N) is 3. The van der Waals surface area contributed by atoms with Crippen LogP contribution in [-0.4, -0.2) is 28.8 Å². The van der Waals surface area contributed by atoms with Gasteiger partial charge in [0.25, 0.3) is 0 Å². The van der Waals surface area contributed by atoms with Gasteiger partial charge in [-0.1, -0.05) is 6.92 Å². The molecule has 2 heterocycles. The quantitative estimate of drug-likeness (QED) is 0.863. The summed E-state index contributed by atoms with van der Waals surface area (Å²) >= 11 is 0. The number of ketones is 1. The number of aromatic nitrogens is 2. The molecule has 0 saturated carbocycles. The summed E-state index contributed by atoms with van der Waals surface area (Å²) in [5.74, 6) is 3.39. The molecule has 0 spiro atoms. The normalized spacial score (nSPS) is 15.4. The van der Waals surface area contributed by atoms with Crippen LogP contribution in [0.1, 0.15) is 42.9 Å². The van der Waals surface area contributed by atoms with Crippen LogP contribution in [-0.2, 0) is 0 Å². The Hall–Kier alpha value is -2.43. The molecule has 1 fully saturated rings. The van der Waals surface area contributed by atoms with Gasteiger partial charge in [-0.15, -0.1) is 0 Å². The Balaban J connectivity index is 1.77. The van der Waals surface area contributed by atoms with Crippen molar-refractivity contribution in [2.75, 3.05) is 23.3 Å². The lowest BCUT2D eigenvalue weighted by atomic mass is 9.99. The number of nitrogens with one attached hydrogen (secondary N) is 1. The fraction of sp³-hybridized carbons (Fsp3) is 0.421. The maximum atomic E-state index is 11.4. The summed E-state index contributed by atoms with van der Waals surface area (Å²) in [5.41, 5.74) is 1.62. The highest BCUT2D eigenvalue weighted by atomic mass is 16.1. The fourth-order valence-corrected chi connectivity index (χ4v) is 2.95. The molecule has 126 valence electrons. The molecule has 1 aromatic heterocycles. The number of hydrogen-bond acceptors (Lipinski definition) is 5. The zero-order chi connectivity index (χ0) is 17.1. The fourth-order valence-electron chi connectivity index (χ4n) is 2.95. The number of Topliss-reactive ketones (excluding diaryl/α,β-unsaturated/α-hetero) is 1. The van der Waals surface area contributed by atoms with Crippen LogP contribution in [0.2, 0.25) is 0 Å². The highest BCUT2D eigenvalue weighted by Gasteiger charge is 2.18. The van der Waals surface area contributed by atoms with E-state index in [1.165, 1.54) is 12.8 Å². The Labute approximate surface area is 143 Å². The summed E-state index contributed by atoms with van der Waals surface area (Å²) in [6.45, 7) is 7.89. The molecule has 1 aliphatic heterocycles. The van der Waals surface area contributed by atoms with Crippen LogP contribution in [0, 0.1) is 12.8 Å². The number of carbonyl (C=O) groups excluding carboxylic acids is 1. The van der Waals surface area contributed by atoms with Gasteiger partial charge in [0.05, 0.1) is 0 Å². The van der Waals surface area contributed by atoms with Gasteiger partial charge in [0, 0.05) is 30.4 Å². The van der Waals surface area contributed by atoms with Crippen molar-refractivity contribution in [2.24, 2.45) is 5.92 Å². The van der Waals surface area contributed by atoms with Gasteiger partial charge in [0.15, 0.2) is 5.78 Å². The second-order valence-corrected chi connectivity index (χ2v) is 6.59. The van der Waals surface area contributed by atoms with E-state index in [1.54, 1.807) is 6.92 Å². The third-order valence-corrected chi connectivity index (χ3v) is 4.50. The van der Waals surface area contributed by atoms with Gasteiger partial charge in [0.1, 0.15) is 17.5 Å². The van der Waals surface area contributed by atoms with Crippen molar-refractivity contribution in [3.8, 4) is 0 Å². The van der Waals surface area contributed by atoms with Crippen LogP contribution in [0.15, 0.2) is 30.3 Å². The number of rotatable bonds is 4. The Kier molecular flexibility index (Phi) is 4.79. The average molecular weight is 324 g/mol. The largest absolute Gasteiger partial charge is 0.356 e. The standard InChI is InChI=1S/C19H24N4O/c1-13-8-10-23(11-9-13)19-12-18(20-15(3)21-19)22-17-6-4-16(5-7-17)14(2)24/h4-7,12-13H,8-11H2,1-3H3,(H,20,21,22). The molecular formula is C19H24N4O. The lowest BCUT2D eigenvalue weighted by Crippen LogP contribution is -2.33. The van der Waals surface area contributed by atoms with Gasteiger partial charge in [-0.3, -0.25) is 4.79 Å². The zero-order valence-electron chi connectivity index (χ0n) is 14.5. The summed E-state index contributed by atoms with van der Waals surface area (Å²) in [6.07, 6.45) is 2.41. The molecule has 1 aromatic carbocycles. The summed E-state index contributed by atoms with van der Waals surface area (Å²) in [7, 11) is 0. The first-order valence-electron chi connectivity index (χ1n) is 8.50. The van der Waals surface area contributed by atoms with Gasteiger partial charge in [-0.25, -0.2) is 9.97 Å². The first-order chi connectivity index (χ1) is 11.5. The number of hydrogen-bond donors (Lipinski definition) is 1. The van der Waals surface area contributed by atoms with Gasteiger partial charge < -0.3 is 10.2 Å². The van der Waals surface area contributed by atoms with Crippen LogP contribution in [0.4, 0.5) is 17.3 Å². The van der Waals surface area contributed by atoms with E-state index in [9.17, 15) is 4.79 Å². The maximum Gasteiger partial charge on any atom is 0.159 e. The lowest BCUT2D eigenvalue weighted by molar-refractivity contribution is 0.101. The topological polar surface area (TPSA) is 58.1 Å². The minimum atomic E-state index is 0.0704. The average Bonchev–Trinajstić information content (AvgIpc) is 2.55. The molecule has 5 nitrogen and oxygen atoms in total. The predicted molar refractivity (Wildman–Crippen MR) is 97.1 cm³/mol. The number of aryl methyl sites for hydroxylation is 1. The molecule has 2 aromatic rings. The second kappa shape index (κ2) is 6.99. The lowest BCUT2D eigenvalue weighted by Gasteiger charge is -2.31. The molecule has 5 heteroatoms. The molecule has 0 aliphatic carbocycles. The van der Waals surface area contributed by atoms with Crippen molar-refractivity contribution >= 4 is 23.1 Å². The van der Waals surface area contributed by atoms with Gasteiger partial charge in [0.2, 0.25) is 0 Å². The highest BCUT2D eigenvalue weighted by Crippen LogP contribution is 2.24. The van der Waals surface area contributed by atoms with E-state index in [2.05, 4.69) is 27.1 Å². The summed E-state index contributed by atoms with van der Waals surface area (Å²) in [5, 5.41) is 3.31. The number of anilines is 3. The molecule has 0 unspecified atom stereocenters. The Morgan fingerprint density at radius 1 is 1.17 bits per heavy atom. The van der Waals surface area contributed by atoms with E-state index in [0.29, 0.717) is 5.56 Å². The molecule has 24 heavy (non-hydrogen) atoms. The molecule has 3 rings (SSSR count). The molecule has 0 amide bonds. The SMILES string of the molecule is CC(=O)c1ccc(Nc2cc(N3CCC(C)CC3)nc(C)n2)cc1. The minimum Gasteiger partial charge on any atom is -0.356 e. The van der Waals surface area contributed by atoms with Gasteiger partial charge in [-0.05, 0) is 56.9 Å².